The highest BCUT2D eigenvalue weighted by Crippen LogP contribution is 2.25. The molecule has 0 spiro atoms. The van der Waals surface area contributed by atoms with Crippen LogP contribution in [0.5, 0.6) is 11.6 Å². The quantitative estimate of drug-likeness (QED) is 0.384. The molecule has 1 aliphatic heterocycles. The average molecular weight is 530 g/mol. The zero-order valence-corrected chi connectivity index (χ0v) is 21.9. The number of hydrogen-bond acceptors (Lipinski definition) is 7. The fraction of sp³-hybridized carbons (Fsp3) is 0.385. The second-order valence-corrected chi connectivity index (χ2v) is 9.03. The van der Waals surface area contributed by atoms with Gasteiger partial charge in [-0.15, -0.1) is 0 Å². The molecule has 1 aliphatic rings. The maximum Gasteiger partial charge on any atom is 0.264 e. The summed E-state index contributed by atoms with van der Waals surface area (Å²) in [4.78, 5) is 41.7. The summed E-state index contributed by atoms with van der Waals surface area (Å²) in [6.07, 6.45) is 1.80. The molecule has 1 aromatic heterocycles. The predicted octanol–water partition coefficient (Wildman–Crippen LogP) is 2.65. The number of pyridine rings is 1. The summed E-state index contributed by atoms with van der Waals surface area (Å²) in [5.74, 6) is -0.269. The normalized spacial score (nSPS) is 14.4. The number of amides is 3. The number of nitrogens with zero attached hydrogens (tertiary/aromatic N) is 2. The molecular formula is C26H32ClN5O5. The Kier molecular flexibility index (Phi) is 9.87. The molecule has 11 heteroatoms. The molecule has 2 aromatic rings. The number of carbonyl (C=O) groups excluding carboxylic acids is 3. The zero-order valence-electron chi connectivity index (χ0n) is 21.2. The summed E-state index contributed by atoms with van der Waals surface area (Å²) < 4.78 is 11.0. The van der Waals surface area contributed by atoms with E-state index in [0.29, 0.717) is 53.7 Å². The van der Waals surface area contributed by atoms with Gasteiger partial charge in [-0.1, -0.05) is 30.2 Å². The summed E-state index contributed by atoms with van der Waals surface area (Å²) in [7, 11) is 1.54. The molecule has 3 rings (SSSR count). The molecule has 0 saturated heterocycles. The topological polar surface area (TPSA) is 136 Å². The summed E-state index contributed by atoms with van der Waals surface area (Å²) >= 11 is 6.13. The smallest absolute Gasteiger partial charge is 0.264 e. The van der Waals surface area contributed by atoms with Gasteiger partial charge in [-0.2, -0.15) is 0 Å². The van der Waals surface area contributed by atoms with Crippen LogP contribution in [-0.2, 0) is 27.5 Å². The Morgan fingerprint density at radius 1 is 1.24 bits per heavy atom. The number of rotatable bonds is 12. The zero-order chi connectivity index (χ0) is 26.9. The molecule has 0 fully saturated rings. The van der Waals surface area contributed by atoms with E-state index in [2.05, 4.69) is 15.7 Å². The van der Waals surface area contributed by atoms with Gasteiger partial charge in [0.25, 0.3) is 11.8 Å². The van der Waals surface area contributed by atoms with Gasteiger partial charge in [-0.05, 0) is 44.0 Å². The van der Waals surface area contributed by atoms with Crippen molar-refractivity contribution in [3.63, 3.8) is 0 Å². The molecule has 2 heterocycles. The van der Waals surface area contributed by atoms with Crippen LogP contribution in [0.1, 0.15) is 44.2 Å². The Bertz CT molecular complexity index is 1190. The monoisotopic (exact) mass is 529 g/mol. The van der Waals surface area contributed by atoms with Crippen molar-refractivity contribution in [2.24, 2.45) is 5.73 Å². The number of halogens is 1. The lowest BCUT2D eigenvalue weighted by Gasteiger charge is -2.30. The number of primary amides is 1. The maximum atomic E-state index is 13.1. The van der Waals surface area contributed by atoms with Crippen LogP contribution in [0.2, 0.25) is 5.02 Å². The first-order valence-electron chi connectivity index (χ1n) is 12.0. The van der Waals surface area contributed by atoms with Gasteiger partial charge < -0.3 is 20.5 Å². The van der Waals surface area contributed by atoms with E-state index in [1.54, 1.807) is 44.5 Å². The highest BCUT2D eigenvalue weighted by Gasteiger charge is 2.27. The third-order valence-corrected chi connectivity index (χ3v) is 6.26. The fourth-order valence-corrected chi connectivity index (χ4v) is 4.09. The molecule has 4 N–H and O–H groups in total. The van der Waals surface area contributed by atoms with E-state index >= 15 is 0 Å². The first-order chi connectivity index (χ1) is 17.7. The maximum absolute atomic E-state index is 13.1. The standard InChI is InChI=1S/C26H32ClN5O5/c1-4-21(24(28)34)37-22-8-7-19(27)12-18(22)14-30-23(33)13-20-16(2)9-11-32(26(20)35)31-15-17-6-5-10-29-25(17)36-3/h5-8,10,12,21,31H,4,9,11,13-15H2,1-3H3,(H2,28,34)(H,30,33). The van der Waals surface area contributed by atoms with Crippen LogP contribution >= 0.6 is 11.6 Å². The number of hydrogen-bond donors (Lipinski definition) is 3. The molecule has 1 aromatic carbocycles. The van der Waals surface area contributed by atoms with E-state index < -0.39 is 12.0 Å². The van der Waals surface area contributed by atoms with Crippen LogP contribution < -0.4 is 25.9 Å². The van der Waals surface area contributed by atoms with Gasteiger partial charge in [0.2, 0.25) is 11.8 Å². The molecule has 37 heavy (non-hydrogen) atoms. The lowest BCUT2D eigenvalue weighted by Crippen LogP contribution is -2.47. The minimum Gasteiger partial charge on any atom is -0.481 e. The molecule has 1 atom stereocenters. The predicted molar refractivity (Wildman–Crippen MR) is 138 cm³/mol. The Labute approximate surface area is 221 Å². The van der Waals surface area contributed by atoms with E-state index in [1.165, 1.54) is 5.01 Å². The van der Waals surface area contributed by atoms with Crippen LogP contribution in [0, 0.1) is 0 Å². The van der Waals surface area contributed by atoms with Crippen LogP contribution in [0.3, 0.4) is 0 Å². The van der Waals surface area contributed by atoms with E-state index in [1.807, 2.05) is 13.0 Å². The minimum absolute atomic E-state index is 0.0747. The van der Waals surface area contributed by atoms with Gasteiger partial charge in [0.15, 0.2) is 6.10 Å². The molecule has 198 valence electrons. The van der Waals surface area contributed by atoms with Crippen molar-refractivity contribution in [1.82, 2.24) is 20.7 Å². The van der Waals surface area contributed by atoms with Crippen molar-refractivity contribution >= 4 is 29.3 Å². The average Bonchev–Trinajstić information content (AvgIpc) is 2.88. The Balaban J connectivity index is 1.62. The van der Waals surface area contributed by atoms with Gasteiger partial charge in [0.05, 0.1) is 13.5 Å². The van der Waals surface area contributed by atoms with Gasteiger partial charge in [-0.25, -0.2) is 10.4 Å². The number of nitrogens with one attached hydrogen (secondary N) is 2. The van der Waals surface area contributed by atoms with Crippen molar-refractivity contribution in [3.05, 3.63) is 63.8 Å². The molecule has 3 amide bonds. The van der Waals surface area contributed by atoms with Crippen LogP contribution in [-0.4, -0.2) is 47.5 Å². The number of benzene rings is 1. The van der Waals surface area contributed by atoms with Crippen molar-refractivity contribution < 1.29 is 23.9 Å². The van der Waals surface area contributed by atoms with E-state index in [4.69, 9.17) is 26.8 Å². The minimum atomic E-state index is -0.798. The number of nitrogens with two attached hydrogens (primary N) is 1. The van der Waals surface area contributed by atoms with E-state index in [0.717, 1.165) is 11.1 Å². The number of methoxy groups -OCH3 is 1. The van der Waals surface area contributed by atoms with Crippen LogP contribution in [0.25, 0.3) is 0 Å². The molecule has 0 radical (unpaired) electrons. The lowest BCUT2D eigenvalue weighted by atomic mass is 9.98. The highest BCUT2D eigenvalue weighted by atomic mass is 35.5. The van der Waals surface area contributed by atoms with E-state index in [9.17, 15) is 14.4 Å². The molecule has 0 saturated carbocycles. The van der Waals surface area contributed by atoms with Crippen LogP contribution in [0.15, 0.2) is 47.7 Å². The number of carbonyl (C=O) groups is 3. The fourth-order valence-electron chi connectivity index (χ4n) is 3.89. The summed E-state index contributed by atoms with van der Waals surface area (Å²) in [5.41, 5.74) is 11.2. The lowest BCUT2D eigenvalue weighted by molar-refractivity contribution is -0.133. The van der Waals surface area contributed by atoms with Crippen LogP contribution in [0.4, 0.5) is 0 Å². The van der Waals surface area contributed by atoms with Gasteiger partial charge in [0.1, 0.15) is 5.75 Å². The molecular weight excluding hydrogens is 498 g/mol. The third kappa shape index (κ3) is 7.43. The molecule has 10 nitrogen and oxygen atoms in total. The summed E-state index contributed by atoms with van der Waals surface area (Å²) in [5, 5.41) is 4.79. The van der Waals surface area contributed by atoms with E-state index in [-0.39, 0.29) is 24.8 Å². The Morgan fingerprint density at radius 3 is 2.73 bits per heavy atom. The SMILES string of the molecule is CCC(Oc1ccc(Cl)cc1CNC(=O)CC1=C(C)CCN(NCc2cccnc2OC)C1=O)C(N)=O. The van der Waals surface area contributed by atoms with Crippen molar-refractivity contribution in [2.75, 3.05) is 13.7 Å². The number of hydrazine groups is 1. The third-order valence-electron chi connectivity index (χ3n) is 6.03. The van der Waals surface area contributed by atoms with Gasteiger partial charge in [0, 0.05) is 47.6 Å². The largest absolute Gasteiger partial charge is 0.481 e. The van der Waals surface area contributed by atoms with Crippen molar-refractivity contribution in [3.8, 4) is 11.6 Å². The summed E-state index contributed by atoms with van der Waals surface area (Å²) in [6.45, 7) is 4.59. The van der Waals surface area contributed by atoms with Gasteiger partial charge >= 0.3 is 0 Å². The van der Waals surface area contributed by atoms with Crippen molar-refractivity contribution in [2.45, 2.75) is 52.3 Å². The Hall–Kier alpha value is -3.63. The second-order valence-electron chi connectivity index (χ2n) is 8.60. The number of aromatic nitrogens is 1. The number of ether oxygens (including phenoxy) is 2. The van der Waals surface area contributed by atoms with Gasteiger partial charge in [-0.3, -0.25) is 19.4 Å². The van der Waals surface area contributed by atoms with Crippen molar-refractivity contribution in [1.29, 1.82) is 0 Å². The molecule has 0 aliphatic carbocycles. The molecule has 1 unspecified atom stereocenters. The summed E-state index contributed by atoms with van der Waals surface area (Å²) in [6, 6.07) is 8.58. The first-order valence-corrected chi connectivity index (χ1v) is 12.3. The first kappa shape index (κ1) is 27.9. The Morgan fingerprint density at radius 2 is 2.03 bits per heavy atom. The second kappa shape index (κ2) is 13.1. The highest BCUT2D eigenvalue weighted by molar-refractivity contribution is 6.30. The molecule has 0 bridgehead atoms.